The van der Waals surface area contributed by atoms with Crippen LogP contribution in [0.25, 0.3) is 5.76 Å². The third-order valence-corrected chi connectivity index (χ3v) is 4.59. The van der Waals surface area contributed by atoms with Crippen molar-refractivity contribution in [3.8, 4) is 0 Å². The third kappa shape index (κ3) is 3.90. The molecule has 27 heavy (non-hydrogen) atoms. The summed E-state index contributed by atoms with van der Waals surface area (Å²) in [7, 11) is 3.92. The molecule has 0 spiro atoms. The molecule has 1 fully saturated rings. The lowest BCUT2D eigenvalue weighted by molar-refractivity contribution is -0.139. The molecule has 2 aromatic rings. The van der Waals surface area contributed by atoms with Gasteiger partial charge in [-0.3, -0.25) is 14.6 Å². The molecule has 1 aliphatic heterocycles. The smallest absolute Gasteiger partial charge is 0.295 e. The van der Waals surface area contributed by atoms with Gasteiger partial charge in [-0.05, 0) is 38.7 Å². The highest BCUT2D eigenvalue weighted by Gasteiger charge is 2.45. The second kappa shape index (κ2) is 8.14. The zero-order valence-corrected chi connectivity index (χ0v) is 15.5. The molecular weight excluding hydrogens is 342 g/mol. The summed E-state index contributed by atoms with van der Waals surface area (Å²) in [5.41, 5.74) is 1.33. The number of Topliss-reactive ketones (excluding diaryl/α,β-unsaturated/α-hetero) is 1. The van der Waals surface area contributed by atoms with E-state index in [9.17, 15) is 14.7 Å². The number of aromatic nitrogens is 1. The molecule has 1 N–H and O–H groups in total. The number of pyridine rings is 1. The van der Waals surface area contributed by atoms with E-state index in [1.54, 1.807) is 42.7 Å². The SMILES string of the molecule is CN(C)CCCN1C(=O)C(=O)/C(=C(/O)c2ccccc2)[C@H]1c1cccnc1. The Morgan fingerprint density at radius 3 is 2.52 bits per heavy atom. The quantitative estimate of drug-likeness (QED) is 0.484. The van der Waals surface area contributed by atoms with Crippen LogP contribution in [0.4, 0.5) is 0 Å². The molecule has 1 aromatic heterocycles. The van der Waals surface area contributed by atoms with Crippen molar-refractivity contribution in [1.82, 2.24) is 14.8 Å². The van der Waals surface area contributed by atoms with E-state index < -0.39 is 17.7 Å². The van der Waals surface area contributed by atoms with Crippen molar-refractivity contribution in [2.45, 2.75) is 12.5 Å². The Balaban J connectivity index is 2.05. The zero-order chi connectivity index (χ0) is 19.4. The monoisotopic (exact) mass is 365 g/mol. The minimum atomic E-state index is -0.657. The van der Waals surface area contributed by atoms with Gasteiger partial charge in [0.15, 0.2) is 0 Å². The van der Waals surface area contributed by atoms with Gasteiger partial charge in [-0.25, -0.2) is 0 Å². The fourth-order valence-corrected chi connectivity index (χ4v) is 3.30. The van der Waals surface area contributed by atoms with Crippen molar-refractivity contribution in [2.24, 2.45) is 0 Å². The van der Waals surface area contributed by atoms with Crippen molar-refractivity contribution < 1.29 is 14.7 Å². The standard InChI is InChI=1S/C21H23N3O3/c1-23(2)12-7-13-24-18(16-10-6-11-22-14-16)17(20(26)21(24)27)19(25)15-8-4-3-5-9-15/h3-6,8-11,14,18,25H,7,12-13H2,1-2H3/b19-17+/t18-/m1/s1. The van der Waals surface area contributed by atoms with E-state index in [4.69, 9.17) is 0 Å². The molecular formula is C21H23N3O3. The van der Waals surface area contributed by atoms with Gasteiger partial charge in [-0.1, -0.05) is 36.4 Å². The van der Waals surface area contributed by atoms with E-state index in [2.05, 4.69) is 4.98 Å². The minimum absolute atomic E-state index is 0.115. The molecule has 1 saturated heterocycles. The van der Waals surface area contributed by atoms with E-state index in [1.807, 2.05) is 31.1 Å². The number of carbonyl (C=O) groups excluding carboxylic acids is 2. The van der Waals surface area contributed by atoms with Gasteiger partial charge in [-0.2, -0.15) is 0 Å². The van der Waals surface area contributed by atoms with Crippen LogP contribution in [0.15, 0.2) is 60.4 Å². The predicted octanol–water partition coefficient (Wildman–Crippen LogP) is 2.46. The number of hydrogen-bond donors (Lipinski definition) is 1. The molecule has 3 rings (SSSR count). The first kappa shape index (κ1) is 18.8. The van der Waals surface area contributed by atoms with E-state index >= 15 is 0 Å². The summed E-state index contributed by atoms with van der Waals surface area (Å²) in [6.45, 7) is 1.22. The highest BCUT2D eigenvalue weighted by atomic mass is 16.3. The van der Waals surface area contributed by atoms with E-state index in [-0.39, 0.29) is 11.3 Å². The first-order valence-corrected chi connectivity index (χ1v) is 8.89. The molecule has 1 atom stereocenters. The third-order valence-electron chi connectivity index (χ3n) is 4.59. The average Bonchev–Trinajstić information content (AvgIpc) is 2.93. The number of hydrogen-bond acceptors (Lipinski definition) is 5. The number of nitrogens with zero attached hydrogens (tertiary/aromatic N) is 3. The topological polar surface area (TPSA) is 73.7 Å². The van der Waals surface area contributed by atoms with Crippen LogP contribution >= 0.6 is 0 Å². The number of ketones is 1. The minimum Gasteiger partial charge on any atom is -0.507 e. The van der Waals surface area contributed by atoms with Gasteiger partial charge >= 0.3 is 0 Å². The van der Waals surface area contributed by atoms with E-state index in [0.717, 1.165) is 13.0 Å². The Hall–Kier alpha value is -2.99. The molecule has 0 radical (unpaired) electrons. The summed E-state index contributed by atoms with van der Waals surface area (Å²) in [4.78, 5) is 33.2. The summed E-state index contributed by atoms with van der Waals surface area (Å²) >= 11 is 0. The molecule has 6 nitrogen and oxygen atoms in total. The van der Waals surface area contributed by atoms with Gasteiger partial charge in [-0.15, -0.1) is 0 Å². The van der Waals surface area contributed by atoms with Crippen LogP contribution in [0.2, 0.25) is 0 Å². The number of amides is 1. The van der Waals surface area contributed by atoms with Crippen LogP contribution in [0.3, 0.4) is 0 Å². The average molecular weight is 365 g/mol. The molecule has 2 heterocycles. The first-order valence-electron chi connectivity index (χ1n) is 8.89. The maximum Gasteiger partial charge on any atom is 0.295 e. The second-order valence-electron chi connectivity index (χ2n) is 6.80. The van der Waals surface area contributed by atoms with Crippen molar-refractivity contribution in [3.63, 3.8) is 0 Å². The van der Waals surface area contributed by atoms with Gasteiger partial charge in [0.1, 0.15) is 5.76 Å². The molecule has 0 aliphatic carbocycles. The van der Waals surface area contributed by atoms with Gasteiger partial charge in [0.2, 0.25) is 0 Å². The van der Waals surface area contributed by atoms with E-state index in [1.165, 1.54) is 4.90 Å². The van der Waals surface area contributed by atoms with Crippen LogP contribution in [-0.4, -0.2) is 58.8 Å². The lowest BCUT2D eigenvalue weighted by Crippen LogP contribution is -2.32. The molecule has 140 valence electrons. The van der Waals surface area contributed by atoms with Crippen LogP contribution in [-0.2, 0) is 9.59 Å². The Kier molecular flexibility index (Phi) is 5.66. The molecule has 1 aliphatic rings. The second-order valence-corrected chi connectivity index (χ2v) is 6.80. The molecule has 0 saturated carbocycles. The lowest BCUT2D eigenvalue weighted by Gasteiger charge is -2.25. The number of rotatable bonds is 6. The molecule has 0 unspecified atom stereocenters. The molecule has 1 aromatic carbocycles. The van der Waals surface area contributed by atoms with E-state index in [0.29, 0.717) is 17.7 Å². The fraction of sp³-hybridized carbons (Fsp3) is 0.286. The van der Waals surface area contributed by atoms with Crippen LogP contribution in [0, 0.1) is 0 Å². The molecule has 1 amide bonds. The van der Waals surface area contributed by atoms with Crippen molar-refractivity contribution in [1.29, 1.82) is 0 Å². The highest BCUT2D eigenvalue weighted by molar-refractivity contribution is 6.46. The van der Waals surface area contributed by atoms with Crippen LogP contribution in [0.1, 0.15) is 23.6 Å². The van der Waals surface area contributed by atoms with Gasteiger partial charge < -0.3 is 14.9 Å². The maximum absolute atomic E-state index is 12.8. The van der Waals surface area contributed by atoms with Gasteiger partial charge in [0.25, 0.3) is 11.7 Å². The van der Waals surface area contributed by atoms with Crippen molar-refractivity contribution in [2.75, 3.05) is 27.2 Å². The number of likely N-dealkylation sites (tertiary alicyclic amines) is 1. The summed E-state index contributed by atoms with van der Waals surface area (Å²) in [5, 5.41) is 10.8. The molecule has 6 heteroatoms. The Labute approximate surface area is 158 Å². The Morgan fingerprint density at radius 2 is 1.89 bits per heavy atom. The van der Waals surface area contributed by atoms with Gasteiger partial charge in [0.05, 0.1) is 11.6 Å². The number of carbonyl (C=O) groups is 2. The lowest BCUT2D eigenvalue weighted by atomic mass is 9.96. The zero-order valence-electron chi connectivity index (χ0n) is 15.5. The Morgan fingerprint density at radius 1 is 1.15 bits per heavy atom. The number of benzene rings is 1. The van der Waals surface area contributed by atoms with Crippen LogP contribution in [0.5, 0.6) is 0 Å². The fourth-order valence-electron chi connectivity index (χ4n) is 3.30. The Bertz CT molecular complexity index is 847. The summed E-state index contributed by atoms with van der Waals surface area (Å²) < 4.78 is 0. The normalized spacial score (nSPS) is 19.1. The predicted molar refractivity (Wildman–Crippen MR) is 103 cm³/mol. The summed E-state index contributed by atoms with van der Waals surface area (Å²) in [5.74, 6) is -1.40. The summed E-state index contributed by atoms with van der Waals surface area (Å²) in [6.07, 6.45) is 3.99. The van der Waals surface area contributed by atoms with Crippen LogP contribution < -0.4 is 0 Å². The van der Waals surface area contributed by atoms with Crippen molar-refractivity contribution in [3.05, 3.63) is 71.6 Å². The number of aliphatic hydroxyl groups excluding tert-OH is 1. The molecule has 0 bridgehead atoms. The van der Waals surface area contributed by atoms with Gasteiger partial charge in [0, 0.05) is 24.5 Å². The first-order chi connectivity index (χ1) is 13.0. The largest absolute Gasteiger partial charge is 0.507 e. The highest BCUT2D eigenvalue weighted by Crippen LogP contribution is 2.39. The number of aliphatic hydroxyl groups is 1. The van der Waals surface area contributed by atoms with Crippen molar-refractivity contribution >= 4 is 17.4 Å². The summed E-state index contributed by atoms with van der Waals surface area (Å²) in [6, 6.07) is 11.8. The maximum atomic E-state index is 12.8.